The first-order chi connectivity index (χ1) is 21.5. The van der Waals surface area contributed by atoms with Crippen molar-refractivity contribution in [2.24, 2.45) is 13.0 Å². The topological polar surface area (TPSA) is 123 Å². The van der Waals surface area contributed by atoms with E-state index in [1.54, 1.807) is 35.9 Å². The Morgan fingerprint density at radius 3 is 2.47 bits per heavy atom. The Morgan fingerprint density at radius 1 is 1.09 bits per heavy atom. The maximum atomic E-state index is 13.3. The predicted octanol–water partition coefficient (Wildman–Crippen LogP) is 3.95. The molecule has 1 saturated carbocycles. The molecule has 1 unspecified atom stereocenters. The number of piperazine rings is 1. The van der Waals surface area contributed by atoms with Gasteiger partial charge in [0.1, 0.15) is 12.3 Å². The Labute approximate surface area is 265 Å². The summed E-state index contributed by atoms with van der Waals surface area (Å²) in [6, 6.07) is 14.4. The third-order valence-corrected chi connectivity index (χ3v) is 10.4. The van der Waals surface area contributed by atoms with E-state index in [2.05, 4.69) is 10.4 Å². The molecule has 3 aromatic rings. The molecule has 45 heavy (non-hydrogen) atoms. The minimum absolute atomic E-state index is 0.0445. The van der Waals surface area contributed by atoms with Gasteiger partial charge in [-0.05, 0) is 55.5 Å². The summed E-state index contributed by atoms with van der Waals surface area (Å²) >= 11 is 0. The van der Waals surface area contributed by atoms with Gasteiger partial charge in [-0.15, -0.1) is 0 Å². The molecule has 1 saturated heterocycles. The van der Waals surface area contributed by atoms with Crippen LogP contribution in [0.3, 0.4) is 0 Å². The van der Waals surface area contributed by atoms with Crippen molar-refractivity contribution < 1.29 is 27.5 Å². The standard InChI is InChI=1S/C33H43N5O6S/c1-22(2)21-45(41,42)37-15-16-38(23(3)19-37)33(40)26-11-9-24(10-12-26)20-44-30-8-6-7-27(31(30)43-5)18-34-32(39)29-17-28(25-13-14-25)35-36(29)4/h6-12,17,22-23,25H,13-16,18-21H2,1-5H3,(H,34,39). The summed E-state index contributed by atoms with van der Waals surface area (Å²) in [7, 11) is 0.00631. The van der Waals surface area contributed by atoms with Crippen LogP contribution in [-0.2, 0) is 30.2 Å². The Balaban J connectivity index is 1.16. The van der Waals surface area contributed by atoms with Gasteiger partial charge in [0.05, 0.1) is 18.6 Å². The van der Waals surface area contributed by atoms with Crippen molar-refractivity contribution in [1.29, 1.82) is 0 Å². The van der Waals surface area contributed by atoms with Crippen molar-refractivity contribution in [3.8, 4) is 11.5 Å². The lowest BCUT2D eigenvalue weighted by Gasteiger charge is -2.39. The number of carbonyl (C=O) groups excluding carboxylic acids is 2. The van der Waals surface area contributed by atoms with E-state index in [9.17, 15) is 18.0 Å². The lowest BCUT2D eigenvalue weighted by molar-refractivity contribution is 0.0591. The number of para-hydroxylation sites is 1. The van der Waals surface area contributed by atoms with Crippen molar-refractivity contribution in [3.63, 3.8) is 0 Å². The normalized spacial score (nSPS) is 17.4. The molecular weight excluding hydrogens is 594 g/mol. The molecular formula is C33H43N5O6S. The first-order valence-electron chi connectivity index (χ1n) is 15.5. The van der Waals surface area contributed by atoms with E-state index in [0.29, 0.717) is 48.3 Å². The summed E-state index contributed by atoms with van der Waals surface area (Å²) in [5, 5.41) is 7.44. The number of hydrogen-bond donors (Lipinski definition) is 1. The zero-order valence-electron chi connectivity index (χ0n) is 26.7. The number of aromatic nitrogens is 2. The van der Waals surface area contributed by atoms with E-state index in [4.69, 9.17) is 9.47 Å². The molecule has 12 heteroatoms. The maximum Gasteiger partial charge on any atom is 0.269 e. The van der Waals surface area contributed by atoms with Crippen molar-refractivity contribution in [1.82, 2.24) is 24.3 Å². The van der Waals surface area contributed by atoms with Gasteiger partial charge >= 0.3 is 0 Å². The number of amides is 2. The second-order valence-electron chi connectivity index (χ2n) is 12.3. The summed E-state index contributed by atoms with van der Waals surface area (Å²) in [6.07, 6.45) is 2.24. The lowest BCUT2D eigenvalue weighted by atomic mass is 10.1. The minimum Gasteiger partial charge on any atom is -0.493 e. The van der Waals surface area contributed by atoms with Crippen molar-refractivity contribution in [2.75, 3.05) is 32.5 Å². The molecule has 1 atom stereocenters. The summed E-state index contributed by atoms with van der Waals surface area (Å²) in [5.41, 5.74) is 3.68. The monoisotopic (exact) mass is 637 g/mol. The molecule has 1 aromatic heterocycles. The molecule has 1 aliphatic carbocycles. The number of ether oxygens (including phenoxy) is 2. The molecule has 5 rings (SSSR count). The second-order valence-corrected chi connectivity index (χ2v) is 14.4. The average Bonchev–Trinajstić information content (AvgIpc) is 3.79. The van der Waals surface area contributed by atoms with Gasteiger partial charge < -0.3 is 19.7 Å². The molecule has 0 bridgehead atoms. The van der Waals surface area contributed by atoms with Crippen LogP contribution in [-0.4, -0.2) is 77.8 Å². The van der Waals surface area contributed by atoms with E-state index in [-0.39, 0.29) is 42.7 Å². The largest absolute Gasteiger partial charge is 0.493 e. The predicted molar refractivity (Wildman–Crippen MR) is 171 cm³/mol. The number of hydrogen-bond acceptors (Lipinski definition) is 7. The van der Waals surface area contributed by atoms with Gasteiger partial charge in [-0.2, -0.15) is 9.40 Å². The van der Waals surface area contributed by atoms with Crippen LogP contribution < -0.4 is 14.8 Å². The number of methoxy groups -OCH3 is 1. The Kier molecular flexibility index (Phi) is 9.83. The van der Waals surface area contributed by atoms with Gasteiger partial charge in [-0.1, -0.05) is 38.1 Å². The summed E-state index contributed by atoms with van der Waals surface area (Å²) in [6.45, 7) is 7.11. The molecule has 1 aliphatic heterocycles. The van der Waals surface area contributed by atoms with Crippen LogP contribution in [0, 0.1) is 5.92 Å². The SMILES string of the molecule is COc1c(CNC(=O)c2cc(C3CC3)nn2C)cccc1OCc1ccc(C(=O)N2CCN(S(=O)(=O)CC(C)C)CC2C)cc1. The van der Waals surface area contributed by atoms with Crippen LogP contribution in [0.15, 0.2) is 48.5 Å². The van der Waals surface area contributed by atoms with Gasteiger partial charge in [0.25, 0.3) is 11.8 Å². The molecule has 2 amide bonds. The number of rotatable bonds is 12. The molecule has 2 fully saturated rings. The molecule has 0 radical (unpaired) electrons. The lowest BCUT2D eigenvalue weighted by Crippen LogP contribution is -2.55. The third-order valence-electron chi connectivity index (χ3n) is 8.21. The van der Waals surface area contributed by atoms with E-state index >= 15 is 0 Å². The highest BCUT2D eigenvalue weighted by molar-refractivity contribution is 7.89. The minimum atomic E-state index is -3.34. The van der Waals surface area contributed by atoms with Crippen LogP contribution in [0.5, 0.6) is 11.5 Å². The van der Waals surface area contributed by atoms with Gasteiger partial charge in [-0.3, -0.25) is 14.3 Å². The fraction of sp³-hybridized carbons (Fsp3) is 0.485. The van der Waals surface area contributed by atoms with Gasteiger partial charge in [-0.25, -0.2) is 8.42 Å². The summed E-state index contributed by atoms with van der Waals surface area (Å²) in [4.78, 5) is 27.9. The number of nitrogens with zero attached hydrogens (tertiary/aromatic N) is 4. The van der Waals surface area contributed by atoms with Crippen LogP contribution >= 0.6 is 0 Å². The molecule has 2 heterocycles. The van der Waals surface area contributed by atoms with E-state index in [1.165, 1.54) is 4.31 Å². The highest BCUT2D eigenvalue weighted by Gasteiger charge is 2.34. The van der Waals surface area contributed by atoms with Gasteiger partial charge in [0.15, 0.2) is 11.5 Å². The van der Waals surface area contributed by atoms with Gasteiger partial charge in [0.2, 0.25) is 10.0 Å². The Hall–Kier alpha value is -3.90. The Bertz CT molecular complexity index is 1630. The van der Waals surface area contributed by atoms with Crippen LogP contribution in [0.1, 0.15) is 77.2 Å². The highest BCUT2D eigenvalue weighted by atomic mass is 32.2. The average molecular weight is 638 g/mol. The maximum absolute atomic E-state index is 13.3. The van der Waals surface area contributed by atoms with E-state index < -0.39 is 10.0 Å². The first kappa shape index (κ1) is 32.5. The van der Waals surface area contributed by atoms with E-state index in [0.717, 1.165) is 29.7 Å². The number of carbonyl (C=O) groups is 2. The summed E-state index contributed by atoms with van der Waals surface area (Å²) < 4.78 is 40.2. The molecule has 2 aliphatic rings. The zero-order chi connectivity index (χ0) is 32.3. The molecule has 242 valence electrons. The van der Waals surface area contributed by atoms with Gasteiger partial charge in [0, 0.05) is 56.3 Å². The number of sulfonamides is 1. The number of benzene rings is 2. The highest BCUT2D eigenvalue weighted by Crippen LogP contribution is 2.39. The Morgan fingerprint density at radius 2 is 1.82 bits per heavy atom. The zero-order valence-corrected chi connectivity index (χ0v) is 27.5. The third kappa shape index (κ3) is 7.67. The molecule has 11 nitrogen and oxygen atoms in total. The quantitative estimate of drug-likeness (QED) is 0.319. The molecule has 1 N–H and O–H groups in total. The first-order valence-corrected chi connectivity index (χ1v) is 17.1. The van der Waals surface area contributed by atoms with Crippen LogP contribution in [0.2, 0.25) is 0 Å². The van der Waals surface area contributed by atoms with Crippen LogP contribution in [0.4, 0.5) is 0 Å². The number of nitrogens with one attached hydrogen (secondary N) is 1. The van der Waals surface area contributed by atoms with Crippen molar-refractivity contribution in [3.05, 3.63) is 76.6 Å². The number of aryl methyl sites for hydroxylation is 1. The fourth-order valence-electron chi connectivity index (χ4n) is 5.67. The second kappa shape index (κ2) is 13.6. The van der Waals surface area contributed by atoms with Crippen molar-refractivity contribution >= 4 is 21.8 Å². The van der Waals surface area contributed by atoms with Crippen LogP contribution in [0.25, 0.3) is 0 Å². The van der Waals surface area contributed by atoms with E-state index in [1.807, 2.05) is 57.2 Å². The molecule has 0 spiro atoms. The summed E-state index contributed by atoms with van der Waals surface area (Å²) in [5.74, 6) is 1.38. The van der Waals surface area contributed by atoms with Crippen molar-refractivity contribution in [2.45, 2.75) is 58.7 Å². The molecule has 2 aromatic carbocycles. The smallest absolute Gasteiger partial charge is 0.269 e. The fourth-order valence-corrected chi connectivity index (χ4v) is 7.52.